The summed E-state index contributed by atoms with van der Waals surface area (Å²) in [6.07, 6.45) is 0.417. The number of halogens is 1. The molecular weight excluding hydrogens is 258 g/mol. The van der Waals surface area contributed by atoms with Crippen molar-refractivity contribution in [1.82, 2.24) is 5.32 Å². The lowest BCUT2D eigenvalue weighted by molar-refractivity contribution is -0.121. The molecule has 0 bridgehead atoms. The molecule has 17 heavy (non-hydrogen) atoms. The quantitative estimate of drug-likeness (QED) is 0.782. The van der Waals surface area contributed by atoms with E-state index in [1.165, 1.54) is 0 Å². The summed E-state index contributed by atoms with van der Waals surface area (Å²) in [6, 6.07) is 7.37. The maximum absolute atomic E-state index is 11.4. The SMILES string of the molecule is C[C@@H](CO)NC(=O)CCSc1ccccc1Cl. The van der Waals surface area contributed by atoms with Crippen LogP contribution < -0.4 is 5.32 Å². The van der Waals surface area contributed by atoms with Gasteiger partial charge in [-0.05, 0) is 19.1 Å². The second kappa shape index (κ2) is 7.58. The molecule has 5 heteroatoms. The van der Waals surface area contributed by atoms with Gasteiger partial charge in [-0.3, -0.25) is 4.79 Å². The number of amides is 1. The maximum atomic E-state index is 11.4. The van der Waals surface area contributed by atoms with Crippen LogP contribution in [0.3, 0.4) is 0 Å². The molecule has 0 aliphatic heterocycles. The average molecular weight is 274 g/mol. The van der Waals surface area contributed by atoms with Crippen molar-refractivity contribution in [2.45, 2.75) is 24.3 Å². The highest BCUT2D eigenvalue weighted by Crippen LogP contribution is 2.26. The molecule has 1 aromatic rings. The highest BCUT2D eigenvalue weighted by Gasteiger charge is 2.06. The number of rotatable bonds is 6. The normalized spacial score (nSPS) is 12.2. The monoisotopic (exact) mass is 273 g/mol. The van der Waals surface area contributed by atoms with Crippen LogP contribution in [0.4, 0.5) is 0 Å². The van der Waals surface area contributed by atoms with Gasteiger partial charge in [-0.15, -0.1) is 11.8 Å². The number of aliphatic hydroxyl groups excluding tert-OH is 1. The summed E-state index contributed by atoms with van der Waals surface area (Å²) in [5.41, 5.74) is 0. The minimum atomic E-state index is -0.187. The van der Waals surface area contributed by atoms with Crippen molar-refractivity contribution < 1.29 is 9.90 Å². The van der Waals surface area contributed by atoms with Gasteiger partial charge in [0.1, 0.15) is 0 Å². The molecule has 1 atom stereocenters. The predicted octanol–water partition coefficient (Wildman–Crippen LogP) is 2.32. The summed E-state index contributed by atoms with van der Waals surface area (Å²) in [6.45, 7) is 1.72. The molecule has 0 saturated heterocycles. The van der Waals surface area contributed by atoms with Crippen molar-refractivity contribution in [3.63, 3.8) is 0 Å². The largest absolute Gasteiger partial charge is 0.394 e. The van der Waals surface area contributed by atoms with Crippen molar-refractivity contribution in [1.29, 1.82) is 0 Å². The molecule has 0 spiro atoms. The minimum Gasteiger partial charge on any atom is -0.394 e. The number of nitrogens with one attached hydrogen (secondary N) is 1. The second-order valence-corrected chi connectivity index (χ2v) is 5.22. The van der Waals surface area contributed by atoms with E-state index in [4.69, 9.17) is 16.7 Å². The van der Waals surface area contributed by atoms with Crippen molar-refractivity contribution in [3.8, 4) is 0 Å². The first-order valence-electron chi connectivity index (χ1n) is 5.41. The molecule has 1 amide bonds. The Bertz CT molecular complexity index is 373. The molecule has 0 radical (unpaired) electrons. The van der Waals surface area contributed by atoms with Crippen molar-refractivity contribution in [2.75, 3.05) is 12.4 Å². The molecule has 1 aromatic carbocycles. The third-order valence-corrected chi connectivity index (χ3v) is 3.62. The van der Waals surface area contributed by atoms with Gasteiger partial charge < -0.3 is 10.4 Å². The second-order valence-electron chi connectivity index (χ2n) is 3.68. The zero-order chi connectivity index (χ0) is 12.7. The summed E-state index contributed by atoms with van der Waals surface area (Å²) in [5.74, 6) is 0.624. The molecule has 0 unspecified atom stereocenters. The number of hydrogen-bond donors (Lipinski definition) is 2. The molecular formula is C12H16ClNO2S. The number of carbonyl (C=O) groups is 1. The van der Waals surface area contributed by atoms with Crippen molar-refractivity contribution >= 4 is 29.3 Å². The molecule has 0 aliphatic carbocycles. The molecule has 0 saturated carbocycles. The Morgan fingerprint density at radius 3 is 2.88 bits per heavy atom. The molecule has 1 rings (SSSR count). The van der Waals surface area contributed by atoms with Gasteiger partial charge in [0.25, 0.3) is 0 Å². The number of hydrogen-bond acceptors (Lipinski definition) is 3. The van der Waals surface area contributed by atoms with Crippen molar-refractivity contribution in [2.24, 2.45) is 0 Å². The van der Waals surface area contributed by atoms with Gasteiger partial charge in [0.05, 0.1) is 11.6 Å². The fourth-order valence-electron chi connectivity index (χ4n) is 1.21. The number of aliphatic hydroxyl groups is 1. The highest BCUT2D eigenvalue weighted by atomic mass is 35.5. The molecule has 0 aromatic heterocycles. The summed E-state index contributed by atoms with van der Waals surface area (Å²) in [7, 11) is 0. The zero-order valence-electron chi connectivity index (χ0n) is 9.65. The summed E-state index contributed by atoms with van der Waals surface area (Å²) >= 11 is 7.55. The first kappa shape index (κ1) is 14.4. The highest BCUT2D eigenvalue weighted by molar-refractivity contribution is 7.99. The summed E-state index contributed by atoms with van der Waals surface area (Å²) < 4.78 is 0. The predicted molar refractivity (Wildman–Crippen MR) is 71.5 cm³/mol. The molecule has 0 aliphatic rings. The molecule has 0 fully saturated rings. The molecule has 2 N–H and O–H groups in total. The van der Waals surface area contributed by atoms with Crippen LogP contribution in [0.2, 0.25) is 5.02 Å². The van der Waals surface area contributed by atoms with Gasteiger partial charge in [-0.2, -0.15) is 0 Å². The van der Waals surface area contributed by atoms with Gasteiger partial charge in [-0.25, -0.2) is 0 Å². The van der Waals surface area contributed by atoms with Crippen molar-refractivity contribution in [3.05, 3.63) is 29.3 Å². The van der Waals surface area contributed by atoms with E-state index in [0.29, 0.717) is 17.2 Å². The average Bonchev–Trinajstić information content (AvgIpc) is 2.31. The van der Waals surface area contributed by atoms with Crippen LogP contribution in [0.5, 0.6) is 0 Å². The van der Waals surface area contributed by atoms with E-state index in [1.807, 2.05) is 24.3 Å². The number of thioether (sulfide) groups is 1. The summed E-state index contributed by atoms with van der Waals surface area (Å²) in [4.78, 5) is 12.4. The van der Waals surface area contributed by atoms with Crippen LogP contribution in [0.1, 0.15) is 13.3 Å². The van der Waals surface area contributed by atoms with E-state index in [2.05, 4.69) is 5.32 Å². The third kappa shape index (κ3) is 5.44. The number of carbonyl (C=O) groups excluding carboxylic acids is 1. The topological polar surface area (TPSA) is 49.3 Å². The lowest BCUT2D eigenvalue weighted by Gasteiger charge is -2.10. The molecule has 0 heterocycles. The van der Waals surface area contributed by atoms with E-state index in [-0.39, 0.29) is 18.6 Å². The Hall–Kier alpha value is -0.710. The van der Waals surface area contributed by atoms with Crippen LogP contribution in [-0.4, -0.2) is 29.4 Å². The van der Waals surface area contributed by atoms with Crippen LogP contribution in [-0.2, 0) is 4.79 Å². The van der Waals surface area contributed by atoms with E-state index >= 15 is 0 Å². The Balaban J connectivity index is 2.29. The fraction of sp³-hybridized carbons (Fsp3) is 0.417. The van der Waals surface area contributed by atoms with Crippen LogP contribution in [0, 0.1) is 0 Å². The van der Waals surface area contributed by atoms with Crippen LogP contribution in [0.25, 0.3) is 0 Å². The Labute approximate surface area is 111 Å². The van der Waals surface area contributed by atoms with Gasteiger partial charge in [0.15, 0.2) is 0 Å². The van der Waals surface area contributed by atoms with Gasteiger partial charge in [0, 0.05) is 23.1 Å². The van der Waals surface area contributed by atoms with E-state index in [1.54, 1.807) is 18.7 Å². The lowest BCUT2D eigenvalue weighted by atomic mass is 10.3. The van der Waals surface area contributed by atoms with Gasteiger partial charge in [-0.1, -0.05) is 23.7 Å². The lowest BCUT2D eigenvalue weighted by Crippen LogP contribution is -2.35. The Kier molecular flexibility index (Phi) is 6.40. The fourth-order valence-corrected chi connectivity index (χ4v) is 2.40. The molecule has 3 nitrogen and oxygen atoms in total. The van der Waals surface area contributed by atoms with E-state index < -0.39 is 0 Å². The zero-order valence-corrected chi connectivity index (χ0v) is 11.2. The first-order valence-corrected chi connectivity index (χ1v) is 6.77. The minimum absolute atomic E-state index is 0.0383. The van der Waals surface area contributed by atoms with Crippen LogP contribution in [0.15, 0.2) is 29.2 Å². The first-order chi connectivity index (χ1) is 8.13. The third-order valence-electron chi connectivity index (χ3n) is 2.10. The molecule has 94 valence electrons. The van der Waals surface area contributed by atoms with Gasteiger partial charge in [0.2, 0.25) is 5.91 Å². The Morgan fingerprint density at radius 2 is 2.24 bits per heavy atom. The van der Waals surface area contributed by atoms with E-state index in [9.17, 15) is 4.79 Å². The maximum Gasteiger partial charge on any atom is 0.221 e. The number of benzene rings is 1. The van der Waals surface area contributed by atoms with Crippen LogP contribution >= 0.6 is 23.4 Å². The smallest absolute Gasteiger partial charge is 0.221 e. The standard InChI is InChI=1S/C12H16ClNO2S/c1-9(8-15)14-12(16)6-7-17-11-5-3-2-4-10(11)13/h2-5,9,15H,6-8H2,1H3,(H,14,16)/t9-/m0/s1. The van der Waals surface area contributed by atoms with Gasteiger partial charge >= 0.3 is 0 Å². The summed E-state index contributed by atoms with van der Waals surface area (Å²) in [5, 5.41) is 12.2. The Morgan fingerprint density at radius 1 is 1.53 bits per heavy atom. The van der Waals surface area contributed by atoms with E-state index in [0.717, 1.165) is 4.90 Å².